The Morgan fingerprint density at radius 1 is 1.31 bits per heavy atom. The Labute approximate surface area is 181 Å². The highest BCUT2D eigenvalue weighted by atomic mass is 32.2. The van der Waals surface area contributed by atoms with Crippen LogP contribution in [0, 0.1) is 0 Å². The van der Waals surface area contributed by atoms with E-state index in [4.69, 9.17) is 26.8 Å². The van der Waals surface area contributed by atoms with Crippen LogP contribution in [-0.4, -0.2) is 41.3 Å². The minimum absolute atomic E-state index is 0.245. The van der Waals surface area contributed by atoms with E-state index in [1.54, 1.807) is 36.0 Å². The van der Waals surface area contributed by atoms with Crippen LogP contribution in [0.2, 0.25) is 0 Å². The summed E-state index contributed by atoms with van der Waals surface area (Å²) in [4.78, 5) is 26.9. The van der Waals surface area contributed by atoms with Crippen LogP contribution in [0.1, 0.15) is 5.56 Å². The minimum atomic E-state index is -1.11. The molecule has 0 radical (unpaired) electrons. The molecule has 2 aromatic carbocycles. The standard InChI is InChI=1S/C20H17NO5S3/c1-25-15-8-3-5-12(18(15)26-11-17(22)23)9-16-19(24)21(20(27)29-16)13-6-4-7-14(10-13)28-2/h3-10H,11H2,1-2H3,(H,22,23)/b16-9+. The third kappa shape index (κ3) is 4.75. The van der Waals surface area contributed by atoms with E-state index < -0.39 is 12.6 Å². The molecule has 0 atom stereocenters. The fourth-order valence-electron chi connectivity index (χ4n) is 2.68. The van der Waals surface area contributed by atoms with Crippen molar-refractivity contribution in [1.29, 1.82) is 0 Å². The molecule has 0 unspecified atom stereocenters. The van der Waals surface area contributed by atoms with Gasteiger partial charge in [-0.1, -0.05) is 42.2 Å². The van der Waals surface area contributed by atoms with Gasteiger partial charge >= 0.3 is 5.97 Å². The van der Waals surface area contributed by atoms with Gasteiger partial charge in [0.25, 0.3) is 5.91 Å². The maximum atomic E-state index is 13.0. The van der Waals surface area contributed by atoms with Crippen molar-refractivity contribution in [2.24, 2.45) is 0 Å². The van der Waals surface area contributed by atoms with Crippen molar-refractivity contribution in [3.05, 3.63) is 52.9 Å². The van der Waals surface area contributed by atoms with E-state index in [0.717, 1.165) is 4.90 Å². The highest BCUT2D eigenvalue weighted by Gasteiger charge is 2.33. The van der Waals surface area contributed by atoms with E-state index in [1.807, 2.05) is 30.5 Å². The lowest BCUT2D eigenvalue weighted by Crippen LogP contribution is -2.27. The van der Waals surface area contributed by atoms with Gasteiger partial charge in [-0.3, -0.25) is 9.69 Å². The summed E-state index contributed by atoms with van der Waals surface area (Å²) in [7, 11) is 1.46. The summed E-state index contributed by atoms with van der Waals surface area (Å²) in [6.45, 7) is -0.524. The number of rotatable bonds is 7. The number of ether oxygens (including phenoxy) is 2. The number of benzene rings is 2. The molecule has 1 N–H and O–H groups in total. The maximum absolute atomic E-state index is 13.0. The van der Waals surface area contributed by atoms with Crippen LogP contribution in [0.15, 0.2) is 52.3 Å². The van der Waals surface area contributed by atoms with E-state index in [0.29, 0.717) is 26.2 Å². The van der Waals surface area contributed by atoms with Crippen molar-refractivity contribution in [2.75, 3.05) is 24.9 Å². The molecule has 1 heterocycles. The molecule has 0 bridgehead atoms. The van der Waals surface area contributed by atoms with Gasteiger partial charge in [0, 0.05) is 10.5 Å². The molecule has 0 spiro atoms. The van der Waals surface area contributed by atoms with Crippen LogP contribution in [0.4, 0.5) is 5.69 Å². The van der Waals surface area contributed by atoms with E-state index in [1.165, 1.54) is 23.8 Å². The molecule has 2 aromatic rings. The molecule has 1 amide bonds. The highest BCUT2D eigenvalue weighted by molar-refractivity contribution is 8.27. The summed E-state index contributed by atoms with van der Waals surface area (Å²) in [5.74, 6) is -0.720. The number of amides is 1. The SMILES string of the molecule is COc1cccc(/C=C2/SC(=S)N(c3cccc(SC)c3)C2=O)c1OCC(=O)O. The second-order valence-electron chi connectivity index (χ2n) is 5.78. The van der Waals surface area contributed by atoms with E-state index in [9.17, 15) is 9.59 Å². The maximum Gasteiger partial charge on any atom is 0.341 e. The van der Waals surface area contributed by atoms with Crippen LogP contribution in [0.3, 0.4) is 0 Å². The van der Waals surface area contributed by atoms with Crippen molar-refractivity contribution in [3.8, 4) is 11.5 Å². The smallest absolute Gasteiger partial charge is 0.341 e. The molecule has 3 rings (SSSR count). The first kappa shape index (κ1) is 21.2. The molecule has 6 nitrogen and oxygen atoms in total. The van der Waals surface area contributed by atoms with Gasteiger partial charge in [-0.2, -0.15) is 0 Å². The Morgan fingerprint density at radius 3 is 2.76 bits per heavy atom. The number of thiocarbonyl (C=S) groups is 1. The highest BCUT2D eigenvalue weighted by Crippen LogP contribution is 2.39. The van der Waals surface area contributed by atoms with E-state index in [2.05, 4.69) is 0 Å². The zero-order chi connectivity index (χ0) is 21.0. The van der Waals surface area contributed by atoms with Gasteiger partial charge in [-0.05, 0) is 36.6 Å². The fraction of sp³-hybridized carbons (Fsp3) is 0.150. The normalized spacial score (nSPS) is 15.1. The lowest BCUT2D eigenvalue weighted by molar-refractivity contribution is -0.139. The summed E-state index contributed by atoms with van der Waals surface area (Å²) in [5.41, 5.74) is 1.24. The summed E-state index contributed by atoms with van der Waals surface area (Å²) in [6.07, 6.45) is 3.60. The topological polar surface area (TPSA) is 76.1 Å². The fourth-order valence-corrected chi connectivity index (χ4v) is 4.42. The van der Waals surface area contributed by atoms with E-state index >= 15 is 0 Å². The Hall–Kier alpha value is -2.49. The molecule has 150 valence electrons. The second-order valence-corrected chi connectivity index (χ2v) is 8.34. The summed E-state index contributed by atoms with van der Waals surface area (Å²) >= 11 is 8.19. The second kappa shape index (κ2) is 9.34. The number of hydrogen-bond donors (Lipinski definition) is 1. The van der Waals surface area contributed by atoms with Crippen molar-refractivity contribution < 1.29 is 24.2 Å². The predicted octanol–water partition coefficient (Wildman–Crippen LogP) is 4.29. The van der Waals surface area contributed by atoms with Gasteiger partial charge in [-0.25, -0.2) is 4.79 Å². The molecule has 1 saturated heterocycles. The lowest BCUT2D eigenvalue weighted by Gasteiger charge is -2.15. The molecule has 9 heteroatoms. The number of methoxy groups -OCH3 is 1. The molecular weight excluding hydrogens is 430 g/mol. The Kier molecular flexibility index (Phi) is 6.83. The number of carbonyl (C=O) groups excluding carboxylic acids is 1. The monoisotopic (exact) mass is 447 g/mol. The molecule has 0 aromatic heterocycles. The number of nitrogens with zero attached hydrogens (tertiary/aromatic N) is 1. The first-order chi connectivity index (χ1) is 13.9. The van der Waals surface area contributed by atoms with Crippen LogP contribution < -0.4 is 14.4 Å². The first-order valence-corrected chi connectivity index (χ1v) is 10.8. The zero-order valence-electron chi connectivity index (χ0n) is 15.6. The van der Waals surface area contributed by atoms with Crippen molar-refractivity contribution in [2.45, 2.75) is 4.90 Å². The van der Waals surface area contributed by atoms with Crippen LogP contribution >= 0.6 is 35.7 Å². The number of thioether (sulfide) groups is 2. The van der Waals surface area contributed by atoms with Gasteiger partial charge in [0.2, 0.25) is 0 Å². The number of carboxylic acids is 1. The number of hydrogen-bond acceptors (Lipinski definition) is 7. The van der Waals surface area contributed by atoms with Crippen molar-refractivity contribution in [1.82, 2.24) is 0 Å². The third-order valence-corrected chi connectivity index (χ3v) is 5.99. The van der Waals surface area contributed by atoms with Crippen LogP contribution in [0.25, 0.3) is 6.08 Å². The number of aliphatic carboxylic acids is 1. The number of anilines is 1. The molecule has 29 heavy (non-hydrogen) atoms. The molecule has 0 aliphatic carbocycles. The summed E-state index contributed by atoms with van der Waals surface area (Å²) < 4.78 is 11.1. The van der Waals surface area contributed by atoms with Gasteiger partial charge in [0.1, 0.15) is 0 Å². The first-order valence-electron chi connectivity index (χ1n) is 8.38. The summed E-state index contributed by atoms with van der Waals surface area (Å²) in [5, 5.41) is 8.93. The molecule has 1 fully saturated rings. The molecule has 0 saturated carbocycles. The van der Waals surface area contributed by atoms with Crippen LogP contribution in [0.5, 0.6) is 11.5 Å². The van der Waals surface area contributed by atoms with Crippen LogP contribution in [-0.2, 0) is 9.59 Å². The number of carboxylic acid groups (broad SMARTS) is 1. The van der Waals surface area contributed by atoms with Gasteiger partial charge in [0.05, 0.1) is 17.7 Å². The van der Waals surface area contributed by atoms with E-state index in [-0.39, 0.29) is 11.7 Å². The van der Waals surface area contributed by atoms with Gasteiger partial charge in [-0.15, -0.1) is 11.8 Å². The third-order valence-electron chi connectivity index (χ3n) is 3.96. The average molecular weight is 448 g/mol. The largest absolute Gasteiger partial charge is 0.493 e. The average Bonchev–Trinajstić information content (AvgIpc) is 2.99. The quantitative estimate of drug-likeness (QED) is 0.383. The minimum Gasteiger partial charge on any atom is -0.493 e. The van der Waals surface area contributed by atoms with Crippen molar-refractivity contribution >= 4 is 63.7 Å². The number of carbonyl (C=O) groups is 2. The lowest BCUT2D eigenvalue weighted by atomic mass is 10.1. The summed E-state index contributed by atoms with van der Waals surface area (Å²) in [6, 6.07) is 12.7. The Balaban J connectivity index is 1.96. The predicted molar refractivity (Wildman–Crippen MR) is 120 cm³/mol. The Bertz CT molecular complexity index is 1010. The molecule has 1 aliphatic heterocycles. The molecular formula is C20H17NO5S3. The Morgan fingerprint density at radius 2 is 2.07 bits per heavy atom. The van der Waals surface area contributed by atoms with Crippen molar-refractivity contribution in [3.63, 3.8) is 0 Å². The van der Waals surface area contributed by atoms with Gasteiger partial charge in [0.15, 0.2) is 22.4 Å². The molecule has 1 aliphatic rings. The zero-order valence-corrected chi connectivity index (χ0v) is 18.0. The number of para-hydroxylation sites is 1. The van der Waals surface area contributed by atoms with Gasteiger partial charge < -0.3 is 14.6 Å².